The molecule has 152 valence electrons. The van der Waals surface area contributed by atoms with Crippen LogP contribution in [0.3, 0.4) is 0 Å². The van der Waals surface area contributed by atoms with Crippen LogP contribution < -0.4 is 10.1 Å². The molecular formula is C18H21F2N3O5. The Bertz CT molecular complexity index is 769. The highest BCUT2D eigenvalue weighted by Crippen LogP contribution is 2.20. The Kier molecular flexibility index (Phi) is 7.02. The SMILES string of the molecule is CC(C)CN1C(=O)C(=O)N(CC(=O)NCCc2ccccc2OC(F)F)C1=O. The molecule has 1 aromatic rings. The lowest BCUT2D eigenvalue weighted by atomic mass is 10.1. The van der Waals surface area contributed by atoms with Crippen molar-refractivity contribution in [3.05, 3.63) is 29.8 Å². The van der Waals surface area contributed by atoms with Gasteiger partial charge >= 0.3 is 24.5 Å². The number of nitrogens with one attached hydrogen (secondary N) is 1. The Balaban J connectivity index is 1.89. The highest BCUT2D eigenvalue weighted by Gasteiger charge is 2.45. The first-order chi connectivity index (χ1) is 13.2. The molecule has 1 aromatic carbocycles. The largest absolute Gasteiger partial charge is 0.435 e. The molecule has 0 aromatic heterocycles. The molecule has 28 heavy (non-hydrogen) atoms. The van der Waals surface area contributed by atoms with Crippen molar-refractivity contribution in [3.63, 3.8) is 0 Å². The predicted molar refractivity (Wildman–Crippen MR) is 93.4 cm³/mol. The van der Waals surface area contributed by atoms with Crippen LogP contribution >= 0.6 is 0 Å². The minimum absolute atomic E-state index is 0.00608. The van der Waals surface area contributed by atoms with Crippen molar-refractivity contribution in [3.8, 4) is 5.75 Å². The number of carbonyl (C=O) groups is 4. The summed E-state index contributed by atoms with van der Waals surface area (Å²) in [6, 6.07) is 5.34. The number of ether oxygens (including phenoxy) is 1. The van der Waals surface area contributed by atoms with E-state index in [1.54, 1.807) is 32.0 Å². The quantitative estimate of drug-likeness (QED) is 0.502. The number of halogens is 2. The van der Waals surface area contributed by atoms with Gasteiger partial charge in [-0.25, -0.2) is 9.69 Å². The Morgan fingerprint density at radius 1 is 1.11 bits per heavy atom. The fraction of sp³-hybridized carbons (Fsp3) is 0.444. The van der Waals surface area contributed by atoms with E-state index in [-0.39, 0.29) is 31.2 Å². The van der Waals surface area contributed by atoms with Gasteiger partial charge in [-0.15, -0.1) is 0 Å². The number of carbonyl (C=O) groups excluding carboxylic acids is 4. The van der Waals surface area contributed by atoms with Gasteiger partial charge in [0.2, 0.25) is 5.91 Å². The molecule has 0 bridgehead atoms. The van der Waals surface area contributed by atoms with E-state index < -0.39 is 36.9 Å². The summed E-state index contributed by atoms with van der Waals surface area (Å²) in [6.45, 7) is 0.179. The molecule has 1 heterocycles. The molecule has 8 nitrogen and oxygen atoms in total. The topological polar surface area (TPSA) is 96.0 Å². The maximum atomic E-state index is 12.4. The zero-order valence-corrected chi connectivity index (χ0v) is 15.5. The molecular weight excluding hydrogens is 376 g/mol. The Morgan fingerprint density at radius 3 is 2.39 bits per heavy atom. The van der Waals surface area contributed by atoms with Crippen LogP contribution in [0.15, 0.2) is 24.3 Å². The fourth-order valence-electron chi connectivity index (χ4n) is 2.67. The molecule has 0 aliphatic carbocycles. The number of alkyl halides is 2. The van der Waals surface area contributed by atoms with E-state index in [9.17, 15) is 28.0 Å². The minimum Gasteiger partial charge on any atom is -0.435 e. The predicted octanol–water partition coefficient (Wildman–Crippen LogP) is 1.39. The van der Waals surface area contributed by atoms with E-state index in [0.717, 1.165) is 4.90 Å². The van der Waals surface area contributed by atoms with Gasteiger partial charge in [0.25, 0.3) is 0 Å². The maximum Gasteiger partial charge on any atom is 0.387 e. The first-order valence-corrected chi connectivity index (χ1v) is 8.67. The third-order valence-electron chi connectivity index (χ3n) is 3.89. The summed E-state index contributed by atoms with van der Waals surface area (Å²) in [6.07, 6.45) is 0.203. The lowest BCUT2D eigenvalue weighted by molar-refractivity contribution is -0.144. The lowest BCUT2D eigenvalue weighted by Gasteiger charge is -2.17. The number of hydrogen-bond donors (Lipinski definition) is 1. The van der Waals surface area contributed by atoms with Crippen molar-refractivity contribution in [2.75, 3.05) is 19.6 Å². The Labute approximate surface area is 160 Å². The number of amides is 5. The molecule has 0 spiro atoms. The highest BCUT2D eigenvalue weighted by molar-refractivity contribution is 6.45. The van der Waals surface area contributed by atoms with Gasteiger partial charge in [0.1, 0.15) is 12.3 Å². The van der Waals surface area contributed by atoms with E-state index in [2.05, 4.69) is 10.1 Å². The first kappa shape index (κ1) is 21.3. The molecule has 5 amide bonds. The molecule has 0 saturated carbocycles. The Morgan fingerprint density at radius 2 is 1.75 bits per heavy atom. The molecule has 0 radical (unpaired) electrons. The third-order valence-corrected chi connectivity index (χ3v) is 3.89. The van der Waals surface area contributed by atoms with E-state index in [1.165, 1.54) is 6.07 Å². The van der Waals surface area contributed by atoms with Gasteiger partial charge in [-0.2, -0.15) is 8.78 Å². The molecule has 10 heteroatoms. The summed E-state index contributed by atoms with van der Waals surface area (Å²) < 4.78 is 29.2. The summed E-state index contributed by atoms with van der Waals surface area (Å²) in [5.41, 5.74) is 0.467. The molecule has 1 fully saturated rings. The van der Waals surface area contributed by atoms with Crippen molar-refractivity contribution < 1.29 is 32.7 Å². The fourth-order valence-corrected chi connectivity index (χ4v) is 2.67. The first-order valence-electron chi connectivity index (χ1n) is 8.67. The number of para-hydroxylation sites is 1. The number of nitrogens with zero attached hydrogens (tertiary/aromatic N) is 2. The monoisotopic (exact) mass is 397 g/mol. The number of urea groups is 1. The van der Waals surface area contributed by atoms with Crippen molar-refractivity contribution in [2.45, 2.75) is 26.9 Å². The van der Waals surface area contributed by atoms with Crippen LogP contribution in [0.2, 0.25) is 0 Å². The molecule has 1 aliphatic rings. The average molecular weight is 397 g/mol. The third kappa shape index (κ3) is 5.24. The zero-order valence-electron chi connectivity index (χ0n) is 15.5. The number of hydrogen-bond acceptors (Lipinski definition) is 5. The number of imide groups is 2. The molecule has 1 saturated heterocycles. The van der Waals surface area contributed by atoms with E-state index in [0.29, 0.717) is 10.5 Å². The van der Waals surface area contributed by atoms with Crippen LogP contribution in [0.1, 0.15) is 19.4 Å². The average Bonchev–Trinajstić information content (AvgIpc) is 2.80. The summed E-state index contributed by atoms with van der Waals surface area (Å²) in [5, 5.41) is 2.49. The summed E-state index contributed by atoms with van der Waals surface area (Å²) in [7, 11) is 0. The van der Waals surface area contributed by atoms with Crippen LogP contribution in [-0.2, 0) is 20.8 Å². The van der Waals surface area contributed by atoms with Gasteiger partial charge in [0.15, 0.2) is 0 Å². The van der Waals surface area contributed by atoms with Gasteiger partial charge < -0.3 is 10.1 Å². The smallest absolute Gasteiger partial charge is 0.387 e. The van der Waals surface area contributed by atoms with Crippen molar-refractivity contribution >= 4 is 23.8 Å². The lowest BCUT2D eigenvalue weighted by Crippen LogP contribution is -2.42. The van der Waals surface area contributed by atoms with Crippen molar-refractivity contribution in [1.82, 2.24) is 15.1 Å². The second-order valence-corrected chi connectivity index (χ2v) is 6.57. The van der Waals surface area contributed by atoms with Crippen LogP contribution in [-0.4, -0.2) is 59.8 Å². The van der Waals surface area contributed by atoms with Gasteiger partial charge in [-0.05, 0) is 24.0 Å². The van der Waals surface area contributed by atoms with Crippen molar-refractivity contribution in [2.24, 2.45) is 5.92 Å². The van der Waals surface area contributed by atoms with E-state index in [1.807, 2.05) is 0 Å². The summed E-state index contributed by atoms with van der Waals surface area (Å²) >= 11 is 0. The normalized spacial score (nSPS) is 14.4. The van der Waals surface area contributed by atoms with Crippen LogP contribution in [0.4, 0.5) is 13.6 Å². The molecule has 0 atom stereocenters. The van der Waals surface area contributed by atoms with E-state index in [4.69, 9.17) is 0 Å². The molecule has 1 aliphatic heterocycles. The molecule has 2 rings (SSSR count). The molecule has 1 N–H and O–H groups in total. The highest BCUT2D eigenvalue weighted by atomic mass is 19.3. The van der Waals surface area contributed by atoms with E-state index >= 15 is 0 Å². The second kappa shape index (κ2) is 9.25. The van der Waals surface area contributed by atoms with Crippen LogP contribution in [0.5, 0.6) is 5.75 Å². The minimum atomic E-state index is -2.96. The van der Waals surface area contributed by atoms with Gasteiger partial charge in [0.05, 0.1) is 0 Å². The maximum absolute atomic E-state index is 12.4. The Hall–Kier alpha value is -3.04. The van der Waals surface area contributed by atoms with Gasteiger partial charge in [0, 0.05) is 13.1 Å². The zero-order chi connectivity index (χ0) is 20.8. The van der Waals surface area contributed by atoms with Gasteiger partial charge in [-0.3, -0.25) is 19.3 Å². The van der Waals surface area contributed by atoms with Crippen molar-refractivity contribution in [1.29, 1.82) is 0 Å². The van der Waals surface area contributed by atoms with Crippen LogP contribution in [0, 0.1) is 5.92 Å². The number of benzene rings is 1. The summed E-state index contributed by atoms with van der Waals surface area (Å²) in [5.74, 6) is -2.66. The van der Waals surface area contributed by atoms with Gasteiger partial charge in [-0.1, -0.05) is 32.0 Å². The molecule has 0 unspecified atom stereocenters. The summed E-state index contributed by atoms with van der Waals surface area (Å²) in [4.78, 5) is 49.4. The van der Waals surface area contributed by atoms with Crippen LogP contribution in [0.25, 0.3) is 0 Å². The standard InChI is InChI=1S/C18H21F2N3O5/c1-11(2)9-22-15(25)16(26)23(18(22)27)10-14(24)21-8-7-12-5-3-4-6-13(12)28-17(19)20/h3-6,11,17H,7-10H2,1-2H3,(H,21,24). The second-order valence-electron chi connectivity index (χ2n) is 6.57. The number of rotatable bonds is 9.